The summed E-state index contributed by atoms with van der Waals surface area (Å²) >= 11 is 4.87. The van der Waals surface area contributed by atoms with E-state index in [0.717, 1.165) is 0 Å². The van der Waals surface area contributed by atoms with Crippen LogP contribution in [0.5, 0.6) is 0 Å². The number of pyridine rings is 1. The Morgan fingerprint density at radius 2 is 2.00 bits per heavy atom. The fraction of sp³-hybridized carbons (Fsp3) is 0. The summed E-state index contributed by atoms with van der Waals surface area (Å²) in [5, 5.41) is 2.35. The smallest absolute Gasteiger partial charge is 0.305 e. The number of carbonyl (C=O) groups excluding carboxylic acids is 2. The van der Waals surface area contributed by atoms with Crippen LogP contribution in [0.1, 0.15) is 20.9 Å². The lowest BCUT2D eigenvalue weighted by molar-refractivity contribution is 0.0910. The quantitative estimate of drug-likeness (QED) is 0.554. The second-order valence-electron chi connectivity index (χ2n) is 3.58. The second-order valence-corrected chi connectivity index (χ2v) is 3.99. The summed E-state index contributed by atoms with van der Waals surface area (Å²) in [6.07, 6.45) is 4.33. The number of hydrogen-bond acceptors (Lipinski definition) is 5. The Kier molecular flexibility index (Phi) is 4.40. The van der Waals surface area contributed by atoms with Crippen molar-refractivity contribution in [2.45, 2.75) is 0 Å². The van der Waals surface area contributed by atoms with Gasteiger partial charge >= 0.3 is 5.91 Å². The maximum Gasteiger partial charge on any atom is 0.305 e. The Hall–Kier alpha value is -2.74. The Morgan fingerprint density at radius 3 is 2.65 bits per heavy atom. The van der Waals surface area contributed by atoms with E-state index in [2.05, 4.69) is 21.2 Å². The Labute approximate surface area is 119 Å². The molecule has 0 saturated carbocycles. The molecule has 0 spiro atoms. The lowest BCUT2D eigenvalue weighted by Gasteiger charge is -2.09. The van der Waals surface area contributed by atoms with E-state index in [1.165, 1.54) is 18.5 Å². The van der Waals surface area contributed by atoms with E-state index in [0.29, 0.717) is 5.56 Å². The lowest BCUT2D eigenvalue weighted by atomic mass is 10.3. The summed E-state index contributed by atoms with van der Waals surface area (Å²) in [6.45, 7) is 0. The molecule has 0 aromatic carbocycles. The average Bonchev–Trinajstić information content (AvgIpc) is 3.00. The van der Waals surface area contributed by atoms with E-state index < -0.39 is 11.8 Å². The van der Waals surface area contributed by atoms with Gasteiger partial charge in [0.05, 0.1) is 11.8 Å². The molecule has 2 amide bonds. The van der Waals surface area contributed by atoms with Crippen molar-refractivity contribution in [3.8, 4) is 0 Å². The van der Waals surface area contributed by atoms with Crippen LogP contribution in [0.2, 0.25) is 0 Å². The number of rotatable bonds is 2. The minimum absolute atomic E-state index is 0.0428. The summed E-state index contributed by atoms with van der Waals surface area (Å²) in [7, 11) is 0. The predicted octanol–water partition coefficient (Wildman–Crippen LogP) is 0.624. The minimum Gasteiger partial charge on any atom is -0.459 e. The molecule has 2 heterocycles. The normalized spacial score (nSPS) is 9.60. The van der Waals surface area contributed by atoms with Crippen molar-refractivity contribution in [2.75, 3.05) is 0 Å². The predicted molar refractivity (Wildman–Crippen MR) is 73.6 cm³/mol. The molecule has 0 aliphatic heterocycles. The zero-order valence-corrected chi connectivity index (χ0v) is 10.9. The third kappa shape index (κ3) is 3.62. The zero-order chi connectivity index (χ0) is 14.4. The Morgan fingerprint density at radius 1 is 1.15 bits per heavy atom. The lowest BCUT2D eigenvalue weighted by Crippen LogP contribution is -2.48. The molecule has 8 heteroatoms. The summed E-state index contributed by atoms with van der Waals surface area (Å²) < 4.78 is 4.89. The zero-order valence-electron chi connectivity index (χ0n) is 10.1. The summed E-state index contributed by atoms with van der Waals surface area (Å²) in [5.74, 6) is -0.810. The molecule has 0 saturated heterocycles. The third-order valence-electron chi connectivity index (χ3n) is 2.19. The number of nitrogens with one attached hydrogen (secondary N) is 3. The van der Waals surface area contributed by atoms with Crippen LogP contribution in [-0.4, -0.2) is 21.9 Å². The van der Waals surface area contributed by atoms with E-state index >= 15 is 0 Å². The van der Waals surface area contributed by atoms with Gasteiger partial charge in [-0.1, -0.05) is 0 Å². The van der Waals surface area contributed by atoms with Crippen LogP contribution in [0.25, 0.3) is 0 Å². The van der Waals surface area contributed by atoms with Gasteiger partial charge in [0.25, 0.3) is 5.91 Å². The molecule has 0 atom stereocenters. The highest BCUT2D eigenvalue weighted by Crippen LogP contribution is 1.98. The second kappa shape index (κ2) is 6.43. The summed E-state index contributed by atoms with van der Waals surface area (Å²) in [6, 6.07) is 6.29. The molecule has 0 aliphatic carbocycles. The highest BCUT2D eigenvalue weighted by molar-refractivity contribution is 7.80. The van der Waals surface area contributed by atoms with Crippen LogP contribution < -0.4 is 16.2 Å². The van der Waals surface area contributed by atoms with Crippen LogP contribution >= 0.6 is 12.2 Å². The van der Waals surface area contributed by atoms with E-state index in [1.54, 1.807) is 24.4 Å². The van der Waals surface area contributed by atoms with E-state index in [4.69, 9.17) is 16.6 Å². The van der Waals surface area contributed by atoms with Gasteiger partial charge in [-0.25, -0.2) is 0 Å². The molecule has 20 heavy (non-hydrogen) atoms. The van der Waals surface area contributed by atoms with Gasteiger partial charge in [-0.05, 0) is 36.5 Å². The fourth-order valence-electron chi connectivity index (χ4n) is 1.29. The van der Waals surface area contributed by atoms with Crippen LogP contribution in [0.3, 0.4) is 0 Å². The van der Waals surface area contributed by atoms with Crippen molar-refractivity contribution >= 4 is 29.1 Å². The number of nitrogens with zero attached hydrogens (tertiary/aromatic N) is 1. The first-order valence-electron chi connectivity index (χ1n) is 5.52. The van der Waals surface area contributed by atoms with Crippen molar-refractivity contribution in [3.63, 3.8) is 0 Å². The number of hydrazine groups is 1. The van der Waals surface area contributed by atoms with E-state index in [-0.39, 0.29) is 10.9 Å². The topological polar surface area (TPSA) is 96.3 Å². The number of amides is 2. The van der Waals surface area contributed by atoms with Gasteiger partial charge in [0.15, 0.2) is 10.9 Å². The number of aromatic nitrogens is 1. The highest BCUT2D eigenvalue weighted by atomic mass is 32.1. The molecule has 2 aromatic heterocycles. The van der Waals surface area contributed by atoms with Gasteiger partial charge in [-0.2, -0.15) is 0 Å². The first-order valence-corrected chi connectivity index (χ1v) is 5.93. The highest BCUT2D eigenvalue weighted by Gasteiger charge is 2.10. The van der Waals surface area contributed by atoms with Gasteiger partial charge in [-0.3, -0.25) is 30.7 Å². The molecular formula is C12H10N4O3S. The van der Waals surface area contributed by atoms with Crippen LogP contribution in [-0.2, 0) is 0 Å². The molecule has 0 fully saturated rings. The molecular weight excluding hydrogens is 280 g/mol. The molecule has 0 radical (unpaired) electrons. The number of carbonyl (C=O) groups is 2. The molecule has 2 aromatic rings. The van der Waals surface area contributed by atoms with E-state index in [1.807, 2.05) is 0 Å². The van der Waals surface area contributed by atoms with Crippen molar-refractivity contribution in [3.05, 3.63) is 54.2 Å². The fourth-order valence-corrected chi connectivity index (χ4v) is 1.43. The van der Waals surface area contributed by atoms with E-state index in [9.17, 15) is 9.59 Å². The number of thiocarbonyl (C=S) groups is 1. The maximum atomic E-state index is 11.7. The molecule has 3 N–H and O–H groups in total. The van der Waals surface area contributed by atoms with Crippen molar-refractivity contribution < 1.29 is 14.0 Å². The largest absolute Gasteiger partial charge is 0.459 e. The molecule has 0 unspecified atom stereocenters. The first-order chi connectivity index (χ1) is 9.66. The molecule has 0 bridgehead atoms. The average molecular weight is 290 g/mol. The van der Waals surface area contributed by atoms with Gasteiger partial charge < -0.3 is 4.42 Å². The van der Waals surface area contributed by atoms with Crippen LogP contribution in [0, 0.1) is 0 Å². The minimum atomic E-state index is -0.507. The van der Waals surface area contributed by atoms with Gasteiger partial charge in [0.1, 0.15) is 0 Å². The van der Waals surface area contributed by atoms with Gasteiger partial charge in [-0.15, -0.1) is 0 Å². The molecule has 2 rings (SSSR count). The summed E-state index contributed by atoms with van der Waals surface area (Å²) in [5.41, 5.74) is 5.03. The Balaban J connectivity index is 1.81. The first kappa shape index (κ1) is 13.7. The van der Waals surface area contributed by atoms with Crippen molar-refractivity contribution in [1.29, 1.82) is 0 Å². The molecule has 102 valence electrons. The monoisotopic (exact) mass is 290 g/mol. The van der Waals surface area contributed by atoms with Gasteiger partial charge in [0.2, 0.25) is 0 Å². The third-order valence-corrected chi connectivity index (χ3v) is 2.39. The summed E-state index contributed by atoms with van der Waals surface area (Å²) in [4.78, 5) is 27.0. The molecule has 7 nitrogen and oxygen atoms in total. The number of furan rings is 1. The SMILES string of the molecule is O=C(NC(=S)NNC(=O)c1ccco1)c1cccnc1. The van der Waals surface area contributed by atoms with Gasteiger partial charge in [0, 0.05) is 12.4 Å². The Bertz CT molecular complexity index is 613. The standard InChI is InChI=1S/C12H10N4O3S/c17-10(8-3-1-5-13-7-8)14-12(20)16-15-11(18)9-4-2-6-19-9/h1-7H,(H,15,18)(H2,14,16,17,20). The van der Waals surface area contributed by atoms with Crippen LogP contribution in [0.4, 0.5) is 0 Å². The van der Waals surface area contributed by atoms with Crippen molar-refractivity contribution in [1.82, 2.24) is 21.2 Å². The van der Waals surface area contributed by atoms with Crippen LogP contribution in [0.15, 0.2) is 47.3 Å². The number of hydrogen-bond donors (Lipinski definition) is 3. The molecule has 0 aliphatic rings. The van der Waals surface area contributed by atoms with Crippen molar-refractivity contribution in [2.24, 2.45) is 0 Å². The maximum absolute atomic E-state index is 11.7.